The molecule has 0 radical (unpaired) electrons. The Morgan fingerprint density at radius 3 is 2.44 bits per heavy atom. The van der Waals surface area contributed by atoms with Crippen LogP contribution in [-0.2, 0) is 6.54 Å². The molecule has 0 aliphatic heterocycles. The van der Waals surface area contributed by atoms with E-state index in [9.17, 15) is 0 Å². The van der Waals surface area contributed by atoms with Gasteiger partial charge in [0.2, 0.25) is 0 Å². The maximum Gasteiger partial charge on any atom is 0.161 e. The average molecular weight is 363 g/mol. The molecule has 2 aromatic carbocycles. The van der Waals surface area contributed by atoms with Crippen LogP contribution in [0, 0.1) is 6.92 Å². The Hall–Kier alpha value is -2.92. The van der Waals surface area contributed by atoms with Crippen molar-refractivity contribution in [1.29, 1.82) is 0 Å². The molecule has 140 valence electrons. The lowest BCUT2D eigenvalue weighted by atomic mass is 10.1. The minimum Gasteiger partial charge on any atom is -0.493 e. The van der Waals surface area contributed by atoms with Gasteiger partial charge in [-0.2, -0.15) is 0 Å². The third kappa shape index (κ3) is 5.28. The van der Waals surface area contributed by atoms with E-state index in [1.165, 1.54) is 5.56 Å². The summed E-state index contributed by atoms with van der Waals surface area (Å²) in [6.07, 6.45) is 3.73. The molecule has 0 fully saturated rings. The van der Waals surface area contributed by atoms with Crippen molar-refractivity contribution in [3.05, 3.63) is 72.1 Å². The second-order valence-corrected chi connectivity index (χ2v) is 6.53. The van der Waals surface area contributed by atoms with E-state index >= 15 is 0 Å². The maximum atomic E-state index is 5.85. The SMILES string of the molecule is COc1ccccc1OC[C@@H](C)NCc1cnc(-c2cccc(C)c2)nc1. The van der Waals surface area contributed by atoms with Gasteiger partial charge in [0.25, 0.3) is 0 Å². The summed E-state index contributed by atoms with van der Waals surface area (Å²) in [5.41, 5.74) is 3.27. The van der Waals surface area contributed by atoms with Crippen LogP contribution in [0.15, 0.2) is 60.9 Å². The van der Waals surface area contributed by atoms with Gasteiger partial charge in [0.05, 0.1) is 7.11 Å². The Labute approximate surface area is 160 Å². The minimum atomic E-state index is 0.173. The van der Waals surface area contributed by atoms with Crippen LogP contribution in [0.4, 0.5) is 0 Å². The number of benzene rings is 2. The molecule has 0 saturated heterocycles. The third-order valence-electron chi connectivity index (χ3n) is 4.19. The molecule has 0 bridgehead atoms. The molecule has 1 N–H and O–H groups in total. The summed E-state index contributed by atoms with van der Waals surface area (Å²) in [6, 6.07) is 16.0. The standard InChI is InChI=1S/C22H25N3O2/c1-16-7-6-8-19(11-16)22-24-13-18(14-25-22)12-23-17(2)15-27-21-10-5-4-9-20(21)26-3/h4-11,13-14,17,23H,12,15H2,1-3H3/t17-/m1/s1. The Kier molecular flexibility index (Phi) is 6.39. The summed E-state index contributed by atoms with van der Waals surface area (Å²) in [5, 5.41) is 3.43. The zero-order valence-corrected chi connectivity index (χ0v) is 16.0. The van der Waals surface area contributed by atoms with Crippen LogP contribution >= 0.6 is 0 Å². The zero-order chi connectivity index (χ0) is 19.1. The van der Waals surface area contributed by atoms with Crippen LogP contribution in [0.2, 0.25) is 0 Å². The molecule has 27 heavy (non-hydrogen) atoms. The van der Waals surface area contributed by atoms with Gasteiger partial charge in [-0.15, -0.1) is 0 Å². The predicted molar refractivity (Wildman–Crippen MR) is 107 cm³/mol. The molecule has 5 nitrogen and oxygen atoms in total. The number of aryl methyl sites for hydroxylation is 1. The highest BCUT2D eigenvalue weighted by Crippen LogP contribution is 2.25. The first-order valence-corrected chi connectivity index (χ1v) is 9.03. The fourth-order valence-corrected chi connectivity index (χ4v) is 2.68. The van der Waals surface area contributed by atoms with E-state index in [1.807, 2.05) is 48.8 Å². The third-order valence-corrected chi connectivity index (χ3v) is 4.19. The van der Waals surface area contributed by atoms with Crippen LogP contribution in [0.25, 0.3) is 11.4 Å². The van der Waals surface area contributed by atoms with Crippen LogP contribution in [0.5, 0.6) is 11.5 Å². The van der Waals surface area contributed by atoms with Gasteiger partial charge in [0, 0.05) is 36.1 Å². The average Bonchev–Trinajstić information content (AvgIpc) is 2.71. The van der Waals surface area contributed by atoms with Crippen molar-refractivity contribution >= 4 is 0 Å². The normalized spacial score (nSPS) is 11.8. The van der Waals surface area contributed by atoms with Crippen LogP contribution in [-0.4, -0.2) is 29.7 Å². The van der Waals surface area contributed by atoms with Gasteiger partial charge in [-0.3, -0.25) is 0 Å². The molecular formula is C22H25N3O2. The summed E-state index contributed by atoms with van der Waals surface area (Å²) in [4.78, 5) is 8.97. The van der Waals surface area contributed by atoms with Gasteiger partial charge in [-0.1, -0.05) is 35.9 Å². The van der Waals surface area contributed by atoms with Gasteiger partial charge in [-0.05, 0) is 32.0 Å². The van der Waals surface area contributed by atoms with Crippen molar-refractivity contribution in [3.8, 4) is 22.9 Å². The van der Waals surface area contributed by atoms with Crippen LogP contribution in [0.3, 0.4) is 0 Å². The monoisotopic (exact) mass is 363 g/mol. The number of aromatic nitrogens is 2. The highest BCUT2D eigenvalue weighted by molar-refractivity contribution is 5.55. The highest BCUT2D eigenvalue weighted by atomic mass is 16.5. The number of hydrogen-bond donors (Lipinski definition) is 1. The molecule has 1 atom stereocenters. The summed E-state index contributed by atoms with van der Waals surface area (Å²) in [5.74, 6) is 2.24. The molecule has 0 unspecified atom stereocenters. The quantitative estimate of drug-likeness (QED) is 0.655. The molecule has 3 rings (SSSR count). The van der Waals surface area contributed by atoms with Crippen molar-refractivity contribution in [2.45, 2.75) is 26.4 Å². The summed E-state index contributed by atoms with van der Waals surface area (Å²) >= 11 is 0. The van der Waals surface area contributed by atoms with Gasteiger partial charge < -0.3 is 14.8 Å². The molecule has 0 spiro atoms. The van der Waals surface area contributed by atoms with Crippen molar-refractivity contribution in [3.63, 3.8) is 0 Å². The lowest BCUT2D eigenvalue weighted by Gasteiger charge is -2.16. The molecule has 0 aliphatic carbocycles. The molecule has 1 heterocycles. The minimum absolute atomic E-state index is 0.173. The molecular weight excluding hydrogens is 338 g/mol. The second-order valence-electron chi connectivity index (χ2n) is 6.53. The van der Waals surface area contributed by atoms with Crippen molar-refractivity contribution < 1.29 is 9.47 Å². The highest BCUT2D eigenvalue weighted by Gasteiger charge is 2.07. The number of nitrogens with zero attached hydrogens (tertiary/aromatic N) is 2. The topological polar surface area (TPSA) is 56.3 Å². The van der Waals surface area contributed by atoms with E-state index in [0.29, 0.717) is 13.2 Å². The summed E-state index contributed by atoms with van der Waals surface area (Å²) in [7, 11) is 1.64. The van der Waals surface area contributed by atoms with Crippen LogP contribution < -0.4 is 14.8 Å². The number of hydrogen-bond acceptors (Lipinski definition) is 5. The van der Waals surface area contributed by atoms with E-state index in [0.717, 1.165) is 28.5 Å². The summed E-state index contributed by atoms with van der Waals surface area (Å²) in [6.45, 7) is 5.38. The lowest BCUT2D eigenvalue weighted by Crippen LogP contribution is -2.31. The molecule has 0 amide bonds. The molecule has 0 aliphatic rings. The van der Waals surface area contributed by atoms with Gasteiger partial charge in [-0.25, -0.2) is 9.97 Å². The van der Waals surface area contributed by atoms with Crippen molar-refractivity contribution in [2.24, 2.45) is 0 Å². The first-order valence-electron chi connectivity index (χ1n) is 9.03. The molecule has 5 heteroatoms. The number of para-hydroxylation sites is 2. The van der Waals surface area contributed by atoms with Crippen molar-refractivity contribution in [2.75, 3.05) is 13.7 Å². The van der Waals surface area contributed by atoms with E-state index in [1.54, 1.807) is 7.11 Å². The number of nitrogens with one attached hydrogen (secondary N) is 1. The van der Waals surface area contributed by atoms with E-state index in [2.05, 4.69) is 41.3 Å². The first-order chi connectivity index (χ1) is 13.2. The van der Waals surface area contributed by atoms with Gasteiger partial charge in [0.1, 0.15) is 6.61 Å². The number of methoxy groups -OCH3 is 1. The second kappa shape index (κ2) is 9.14. The van der Waals surface area contributed by atoms with Gasteiger partial charge in [0.15, 0.2) is 17.3 Å². The van der Waals surface area contributed by atoms with Crippen LogP contribution in [0.1, 0.15) is 18.1 Å². The van der Waals surface area contributed by atoms with Gasteiger partial charge >= 0.3 is 0 Å². The Bertz CT molecular complexity index is 865. The van der Waals surface area contributed by atoms with E-state index < -0.39 is 0 Å². The molecule has 3 aromatic rings. The fourth-order valence-electron chi connectivity index (χ4n) is 2.68. The fraction of sp³-hybridized carbons (Fsp3) is 0.273. The van der Waals surface area contributed by atoms with Crippen molar-refractivity contribution in [1.82, 2.24) is 15.3 Å². The number of rotatable bonds is 8. The molecule has 0 saturated carbocycles. The Morgan fingerprint density at radius 1 is 1.00 bits per heavy atom. The zero-order valence-electron chi connectivity index (χ0n) is 16.0. The van der Waals surface area contributed by atoms with E-state index in [4.69, 9.17) is 9.47 Å². The largest absolute Gasteiger partial charge is 0.493 e. The molecule has 1 aromatic heterocycles. The smallest absolute Gasteiger partial charge is 0.161 e. The van der Waals surface area contributed by atoms with E-state index in [-0.39, 0.29) is 6.04 Å². The number of ether oxygens (including phenoxy) is 2. The lowest BCUT2D eigenvalue weighted by molar-refractivity contribution is 0.259. The predicted octanol–water partition coefficient (Wildman–Crippen LogP) is 4.02. The Morgan fingerprint density at radius 2 is 1.74 bits per heavy atom. The first kappa shape index (κ1) is 18.9. The summed E-state index contributed by atoms with van der Waals surface area (Å²) < 4.78 is 11.1. The maximum absolute atomic E-state index is 5.85. The Balaban J connectivity index is 1.51.